The van der Waals surface area contributed by atoms with Crippen molar-refractivity contribution in [2.75, 3.05) is 6.50 Å². The van der Waals surface area contributed by atoms with Crippen LogP contribution in [0.5, 0.6) is 5.75 Å². The fraction of sp³-hybridized carbons (Fsp3) is 0.455. The lowest BCUT2D eigenvalue weighted by atomic mass is 9.87. The molecule has 0 aliphatic heterocycles. The van der Waals surface area contributed by atoms with E-state index in [2.05, 4.69) is 0 Å². The van der Waals surface area contributed by atoms with Crippen LogP contribution in [0.3, 0.4) is 0 Å². The third kappa shape index (κ3) is 4.61. The van der Waals surface area contributed by atoms with E-state index in [1.165, 1.54) is 11.0 Å². The van der Waals surface area contributed by atoms with E-state index in [0.717, 1.165) is 5.56 Å². The molecular formula is C22H31NO. The van der Waals surface area contributed by atoms with Gasteiger partial charge in [-0.05, 0) is 59.1 Å². The fourth-order valence-electron chi connectivity index (χ4n) is 2.72. The number of nitrogens with zero attached hydrogens (tertiary/aromatic N) is 1. The van der Waals surface area contributed by atoms with Gasteiger partial charge in [-0.25, -0.2) is 0 Å². The third-order valence-electron chi connectivity index (χ3n) is 3.91. The van der Waals surface area contributed by atoms with Crippen molar-refractivity contribution >= 4 is 0 Å². The minimum Gasteiger partial charge on any atom is -0.508 e. The molecular weight excluding hydrogens is 294 g/mol. The molecule has 0 aromatic heterocycles. The molecule has 0 unspecified atom stereocenters. The van der Waals surface area contributed by atoms with E-state index in [9.17, 15) is 6.48 Å². The molecule has 2 nitrogen and oxygen atoms in total. The van der Waals surface area contributed by atoms with Crippen LogP contribution < -0.4 is 0 Å². The van der Waals surface area contributed by atoms with E-state index in [1.54, 1.807) is 49.4 Å². The Hall–Kier alpha value is -1.80. The van der Waals surface area contributed by atoms with Gasteiger partial charge in [0, 0.05) is 30.4 Å². The highest BCUT2D eigenvalue weighted by molar-refractivity contribution is 5.43. The smallest absolute Gasteiger partial charge is 0.119 e. The van der Waals surface area contributed by atoms with Crippen LogP contribution in [-0.4, -0.2) is 28.6 Å². The molecule has 0 spiro atoms. The number of phenols is 1. The Morgan fingerprint density at radius 3 is 2.25 bits per heavy atom. The van der Waals surface area contributed by atoms with Gasteiger partial charge in [-0.15, -0.1) is 0 Å². The van der Waals surface area contributed by atoms with Crippen molar-refractivity contribution in [1.82, 2.24) is 4.90 Å². The van der Waals surface area contributed by atoms with Crippen molar-refractivity contribution in [1.29, 1.82) is 0 Å². The maximum atomic E-state index is 10.6. The Bertz CT molecular complexity index is 830. The summed E-state index contributed by atoms with van der Waals surface area (Å²) in [7, 11) is 0. The molecule has 0 amide bonds. The van der Waals surface area contributed by atoms with Gasteiger partial charge in [-0.1, -0.05) is 48.0 Å². The van der Waals surface area contributed by atoms with Gasteiger partial charge in [-0.3, -0.25) is 4.90 Å². The molecule has 0 heterocycles. The zero-order valence-corrected chi connectivity index (χ0v) is 15.2. The molecule has 0 aliphatic carbocycles. The maximum absolute atomic E-state index is 10.6. The normalized spacial score (nSPS) is 18.6. The van der Waals surface area contributed by atoms with E-state index in [-0.39, 0.29) is 29.0 Å². The lowest BCUT2D eigenvalue weighted by molar-refractivity contribution is 0.170. The van der Waals surface area contributed by atoms with Crippen LogP contribution in [0.2, 0.25) is 0 Å². The lowest BCUT2D eigenvalue weighted by Crippen LogP contribution is -2.38. The summed E-state index contributed by atoms with van der Waals surface area (Å²) in [5.41, 5.74) is 1.08. The fourth-order valence-corrected chi connectivity index (χ4v) is 2.72. The van der Waals surface area contributed by atoms with E-state index in [4.69, 9.17) is 5.48 Å². The van der Waals surface area contributed by atoms with Crippen LogP contribution in [0, 0.1) is 6.92 Å². The molecule has 0 radical (unpaired) electrons. The monoisotopic (exact) mass is 330 g/mol. The predicted molar refractivity (Wildman–Crippen MR) is 103 cm³/mol. The molecule has 1 atom stereocenters. The highest BCUT2D eigenvalue weighted by atomic mass is 16.3. The second-order valence-corrected chi connectivity index (χ2v) is 6.59. The summed E-state index contributed by atoms with van der Waals surface area (Å²) in [5, 5.41) is 10.6. The molecule has 0 saturated heterocycles. The van der Waals surface area contributed by atoms with Gasteiger partial charge in [0.1, 0.15) is 5.75 Å². The Labute approximate surface area is 154 Å². The third-order valence-corrected chi connectivity index (χ3v) is 3.91. The van der Waals surface area contributed by atoms with Gasteiger partial charge in [0.15, 0.2) is 0 Å². The highest BCUT2D eigenvalue weighted by Crippen LogP contribution is 2.35. The minimum absolute atomic E-state index is 0.0463. The number of hydrogen-bond acceptors (Lipinski definition) is 2. The van der Waals surface area contributed by atoms with Crippen LogP contribution in [0.4, 0.5) is 0 Å². The highest BCUT2D eigenvalue weighted by Gasteiger charge is 2.21. The van der Waals surface area contributed by atoms with E-state index in [0.29, 0.717) is 0 Å². The van der Waals surface area contributed by atoms with E-state index >= 15 is 0 Å². The predicted octanol–water partition coefficient (Wildman–Crippen LogP) is 5.34. The quantitative estimate of drug-likeness (QED) is 0.740. The number of phenolic OH excluding ortho intramolecular Hbond substituents is 1. The van der Waals surface area contributed by atoms with Crippen LogP contribution in [0.1, 0.15) is 63.5 Å². The molecule has 0 bridgehead atoms. The molecule has 0 fully saturated rings. The first kappa shape index (κ1) is 12.5. The zero-order chi connectivity index (χ0) is 22.2. The average Bonchev–Trinajstić information content (AvgIpc) is 2.62. The minimum atomic E-state index is -2.71. The molecule has 0 saturated carbocycles. The Morgan fingerprint density at radius 2 is 1.67 bits per heavy atom. The molecule has 0 aliphatic rings. The number of benzene rings is 2. The number of hydrogen-bond donors (Lipinski definition) is 1. The van der Waals surface area contributed by atoms with Crippen LogP contribution in [-0.2, 0) is 0 Å². The Kier molecular flexibility index (Phi) is 4.36. The standard InChI is InChI=1S/C22H31NO/c1-16(2)23(17(3)4)14-13-20(19-9-7-6-8-10-19)21-15-18(5)11-12-22(21)24/h6-12,15-17,20,24H,13-14H2,1-5H3/t20-/m1/s1/i13D2,14D2,20D. The van der Waals surface area contributed by atoms with Gasteiger partial charge in [0.05, 0.1) is 0 Å². The van der Waals surface area contributed by atoms with Crippen LogP contribution >= 0.6 is 0 Å². The lowest BCUT2D eigenvalue weighted by Gasteiger charge is -2.32. The molecule has 2 rings (SSSR count). The average molecular weight is 331 g/mol. The maximum Gasteiger partial charge on any atom is 0.119 e. The first-order valence-corrected chi connectivity index (χ1v) is 8.42. The summed E-state index contributed by atoms with van der Waals surface area (Å²) in [6.07, 6.45) is -2.71. The van der Waals surface area contributed by atoms with Crippen molar-refractivity contribution in [2.45, 2.75) is 59.0 Å². The van der Waals surface area contributed by atoms with Gasteiger partial charge >= 0.3 is 0 Å². The first-order valence-electron chi connectivity index (χ1n) is 10.9. The number of aryl methyl sites for hydroxylation is 1. The summed E-state index contributed by atoms with van der Waals surface area (Å²) in [6, 6.07) is 12.5. The summed E-state index contributed by atoms with van der Waals surface area (Å²) in [6.45, 7) is 6.55. The topological polar surface area (TPSA) is 23.5 Å². The molecule has 2 aromatic rings. The first-order chi connectivity index (χ1) is 13.3. The SMILES string of the molecule is [2H]C([2H])(N(C(C)C)C(C)C)C([2H])([2H])[C@]([2H])(c1ccccc1)c1cc(C)ccc1O. The largest absolute Gasteiger partial charge is 0.508 e. The number of rotatable bonds is 7. The van der Waals surface area contributed by atoms with E-state index < -0.39 is 18.8 Å². The second kappa shape index (κ2) is 8.34. The summed E-state index contributed by atoms with van der Waals surface area (Å²) in [5.74, 6) is -2.41. The van der Waals surface area contributed by atoms with E-state index in [1.807, 2.05) is 27.7 Å². The van der Waals surface area contributed by atoms with Crippen molar-refractivity contribution in [2.24, 2.45) is 0 Å². The Morgan fingerprint density at radius 1 is 1.04 bits per heavy atom. The summed E-state index contributed by atoms with van der Waals surface area (Å²) in [4.78, 5) is 1.45. The van der Waals surface area contributed by atoms with Crippen molar-refractivity contribution in [3.05, 3.63) is 65.2 Å². The molecule has 130 valence electrons. The zero-order valence-electron chi connectivity index (χ0n) is 20.2. The molecule has 2 aromatic carbocycles. The second-order valence-electron chi connectivity index (χ2n) is 6.59. The summed E-state index contributed by atoms with van der Waals surface area (Å²) < 4.78 is 45.0. The van der Waals surface area contributed by atoms with Crippen LogP contribution in [0.25, 0.3) is 0 Å². The van der Waals surface area contributed by atoms with Crippen molar-refractivity contribution in [3.63, 3.8) is 0 Å². The van der Waals surface area contributed by atoms with Crippen molar-refractivity contribution in [3.8, 4) is 5.75 Å². The summed E-state index contributed by atoms with van der Waals surface area (Å²) >= 11 is 0. The Balaban J connectivity index is 2.86. The number of aromatic hydroxyl groups is 1. The van der Waals surface area contributed by atoms with Crippen molar-refractivity contribution < 1.29 is 12.0 Å². The molecule has 1 N–H and O–H groups in total. The van der Waals surface area contributed by atoms with Gasteiger partial charge in [0.25, 0.3) is 0 Å². The molecule has 2 heteroatoms. The van der Waals surface area contributed by atoms with Crippen LogP contribution in [0.15, 0.2) is 48.5 Å². The molecule has 24 heavy (non-hydrogen) atoms. The van der Waals surface area contributed by atoms with Gasteiger partial charge in [-0.2, -0.15) is 0 Å². The van der Waals surface area contributed by atoms with Gasteiger partial charge < -0.3 is 5.11 Å². The van der Waals surface area contributed by atoms with Gasteiger partial charge in [0.2, 0.25) is 0 Å².